The summed E-state index contributed by atoms with van der Waals surface area (Å²) in [6.07, 6.45) is 5.31. The van der Waals surface area contributed by atoms with E-state index < -0.39 is 0 Å². The van der Waals surface area contributed by atoms with Crippen molar-refractivity contribution in [3.63, 3.8) is 0 Å². The van der Waals surface area contributed by atoms with Crippen LogP contribution < -0.4 is 10.6 Å². The lowest BCUT2D eigenvalue weighted by Gasteiger charge is -2.06. The molecule has 1 aromatic carbocycles. The first kappa shape index (κ1) is 15.6. The third-order valence-electron chi connectivity index (χ3n) is 3.40. The van der Waals surface area contributed by atoms with Crippen molar-refractivity contribution in [2.75, 3.05) is 11.9 Å². The van der Waals surface area contributed by atoms with E-state index in [0.717, 1.165) is 22.5 Å². The van der Waals surface area contributed by atoms with E-state index in [4.69, 9.17) is 5.26 Å². The Bertz CT molecular complexity index is 846. The van der Waals surface area contributed by atoms with Crippen molar-refractivity contribution < 1.29 is 0 Å². The van der Waals surface area contributed by atoms with Crippen LogP contribution in [0.15, 0.2) is 48.9 Å². The lowest BCUT2D eigenvalue weighted by Crippen LogP contribution is -2.12. The summed E-state index contributed by atoms with van der Waals surface area (Å²) >= 11 is 0. The molecule has 0 atom stereocenters. The molecule has 120 valence electrons. The van der Waals surface area contributed by atoms with Gasteiger partial charge in [-0.25, -0.2) is 9.97 Å². The summed E-state index contributed by atoms with van der Waals surface area (Å²) in [5.74, 6) is 0.528. The van der Waals surface area contributed by atoms with Gasteiger partial charge in [0.2, 0.25) is 5.95 Å². The summed E-state index contributed by atoms with van der Waals surface area (Å²) in [7, 11) is 1.86. The topological polar surface area (TPSA) is 91.5 Å². The molecule has 7 nitrogen and oxygen atoms in total. The molecule has 2 heterocycles. The number of rotatable bonds is 6. The van der Waals surface area contributed by atoms with Crippen LogP contribution >= 0.6 is 0 Å². The molecular weight excluding hydrogens is 302 g/mol. The first-order chi connectivity index (χ1) is 11.7. The van der Waals surface area contributed by atoms with Crippen molar-refractivity contribution in [3.05, 3.63) is 54.5 Å². The molecule has 2 aromatic heterocycles. The third kappa shape index (κ3) is 3.94. The highest BCUT2D eigenvalue weighted by Gasteiger charge is 2.04. The number of hydrogen-bond acceptors (Lipinski definition) is 6. The Hall–Kier alpha value is -3.24. The van der Waals surface area contributed by atoms with Gasteiger partial charge in [-0.2, -0.15) is 10.4 Å². The predicted octanol–water partition coefficient (Wildman–Crippen LogP) is 2.23. The molecule has 0 bridgehead atoms. The maximum atomic E-state index is 8.53. The minimum Gasteiger partial charge on any atom is -0.321 e. The first-order valence-electron chi connectivity index (χ1n) is 7.50. The zero-order chi connectivity index (χ0) is 16.8. The smallest absolute Gasteiger partial charge is 0.227 e. The summed E-state index contributed by atoms with van der Waals surface area (Å²) in [6.45, 7) is 1.02. The maximum Gasteiger partial charge on any atom is 0.227 e. The minimum absolute atomic E-state index is 0.344. The molecule has 3 rings (SSSR count). The number of aromatic nitrogens is 4. The van der Waals surface area contributed by atoms with Crippen LogP contribution in [0.1, 0.15) is 5.56 Å². The van der Waals surface area contributed by atoms with Crippen molar-refractivity contribution in [2.24, 2.45) is 7.05 Å². The average Bonchev–Trinajstić information content (AvgIpc) is 3.01. The summed E-state index contributed by atoms with van der Waals surface area (Å²) < 4.78 is 1.71. The molecule has 0 radical (unpaired) electrons. The van der Waals surface area contributed by atoms with Crippen molar-refractivity contribution >= 4 is 11.6 Å². The Balaban J connectivity index is 1.72. The van der Waals surface area contributed by atoms with Gasteiger partial charge in [0.05, 0.1) is 30.2 Å². The van der Waals surface area contributed by atoms with Crippen molar-refractivity contribution in [2.45, 2.75) is 6.54 Å². The summed E-state index contributed by atoms with van der Waals surface area (Å²) in [5.41, 5.74) is 3.81. The Kier molecular flexibility index (Phi) is 4.79. The van der Waals surface area contributed by atoms with Crippen LogP contribution in [0.3, 0.4) is 0 Å². The van der Waals surface area contributed by atoms with E-state index in [1.165, 1.54) is 0 Å². The standard InChI is InChI=1S/C17H17N7/c1-24-12-15(11-21-24)22-17-20-8-6-16(23-17)14-4-2-13(3-5-14)10-19-9-7-18/h2-6,8,11-12,19H,9-10H2,1H3,(H,20,22,23). The summed E-state index contributed by atoms with van der Waals surface area (Å²) in [6, 6.07) is 12.0. The molecule has 0 spiro atoms. The first-order valence-corrected chi connectivity index (χ1v) is 7.50. The zero-order valence-corrected chi connectivity index (χ0v) is 13.3. The molecule has 7 heteroatoms. The second-order valence-electron chi connectivity index (χ2n) is 5.25. The van der Waals surface area contributed by atoms with Crippen LogP contribution in [0.2, 0.25) is 0 Å². The van der Waals surface area contributed by atoms with Crippen LogP contribution in [0.4, 0.5) is 11.6 Å². The molecule has 2 N–H and O–H groups in total. The van der Waals surface area contributed by atoms with E-state index >= 15 is 0 Å². The SMILES string of the molecule is Cn1cc(Nc2nccc(-c3ccc(CNCC#N)cc3)n2)cn1. The van der Waals surface area contributed by atoms with Gasteiger partial charge in [0.15, 0.2) is 0 Å². The van der Waals surface area contributed by atoms with Crippen LogP contribution in [0.25, 0.3) is 11.3 Å². The largest absolute Gasteiger partial charge is 0.321 e. The summed E-state index contributed by atoms with van der Waals surface area (Å²) in [4.78, 5) is 8.77. The quantitative estimate of drug-likeness (QED) is 0.535. The lowest BCUT2D eigenvalue weighted by atomic mass is 10.1. The molecule has 0 saturated carbocycles. The van der Waals surface area contributed by atoms with Crippen LogP contribution in [0.5, 0.6) is 0 Å². The molecule has 0 fully saturated rings. The number of nitrogens with zero attached hydrogens (tertiary/aromatic N) is 5. The normalized spacial score (nSPS) is 10.3. The van der Waals surface area contributed by atoms with Gasteiger partial charge in [-0.05, 0) is 11.6 Å². The highest BCUT2D eigenvalue weighted by molar-refractivity contribution is 5.61. The number of benzene rings is 1. The molecule has 24 heavy (non-hydrogen) atoms. The van der Waals surface area contributed by atoms with Gasteiger partial charge >= 0.3 is 0 Å². The molecule has 0 aliphatic heterocycles. The van der Waals surface area contributed by atoms with E-state index in [1.54, 1.807) is 17.1 Å². The van der Waals surface area contributed by atoms with Crippen molar-refractivity contribution in [3.8, 4) is 17.3 Å². The van der Waals surface area contributed by atoms with Gasteiger partial charge in [0.1, 0.15) is 0 Å². The fourth-order valence-electron chi connectivity index (χ4n) is 2.25. The Morgan fingerprint density at radius 1 is 1.21 bits per heavy atom. The molecule has 0 amide bonds. The number of nitriles is 1. The van der Waals surface area contributed by atoms with Crippen molar-refractivity contribution in [1.82, 2.24) is 25.1 Å². The number of aryl methyl sites for hydroxylation is 1. The Labute approximate surface area is 140 Å². The lowest BCUT2D eigenvalue weighted by molar-refractivity contribution is 0.766. The van der Waals surface area contributed by atoms with Gasteiger partial charge in [-0.1, -0.05) is 24.3 Å². The van der Waals surface area contributed by atoms with Gasteiger partial charge in [0.25, 0.3) is 0 Å². The summed E-state index contributed by atoms with van der Waals surface area (Å²) in [5, 5.41) is 18.8. The van der Waals surface area contributed by atoms with Crippen LogP contribution in [-0.4, -0.2) is 26.3 Å². The highest BCUT2D eigenvalue weighted by Crippen LogP contribution is 2.19. The minimum atomic E-state index is 0.344. The fraction of sp³-hybridized carbons (Fsp3) is 0.176. The molecule has 0 aliphatic carbocycles. The number of nitrogens with one attached hydrogen (secondary N) is 2. The second-order valence-corrected chi connectivity index (χ2v) is 5.25. The molecule has 0 unspecified atom stereocenters. The zero-order valence-electron chi connectivity index (χ0n) is 13.3. The number of anilines is 2. The van der Waals surface area contributed by atoms with E-state index in [9.17, 15) is 0 Å². The molecule has 0 saturated heterocycles. The Morgan fingerprint density at radius 3 is 2.75 bits per heavy atom. The van der Waals surface area contributed by atoms with Crippen molar-refractivity contribution in [1.29, 1.82) is 5.26 Å². The van der Waals surface area contributed by atoms with E-state index in [1.807, 2.05) is 43.6 Å². The predicted molar refractivity (Wildman–Crippen MR) is 91.3 cm³/mol. The molecule has 3 aromatic rings. The van der Waals surface area contributed by atoms with E-state index in [0.29, 0.717) is 19.0 Å². The van der Waals surface area contributed by atoms with Gasteiger partial charge in [-0.15, -0.1) is 0 Å². The van der Waals surface area contributed by atoms with Crippen LogP contribution in [0, 0.1) is 11.3 Å². The highest BCUT2D eigenvalue weighted by atomic mass is 15.3. The Morgan fingerprint density at radius 2 is 2.04 bits per heavy atom. The second kappa shape index (κ2) is 7.35. The number of hydrogen-bond donors (Lipinski definition) is 2. The van der Waals surface area contributed by atoms with E-state index in [2.05, 4.69) is 31.8 Å². The van der Waals surface area contributed by atoms with Gasteiger partial charge in [-0.3, -0.25) is 4.68 Å². The average molecular weight is 319 g/mol. The molecule has 0 aliphatic rings. The maximum absolute atomic E-state index is 8.53. The molecular formula is C17H17N7. The van der Waals surface area contributed by atoms with Crippen LogP contribution in [-0.2, 0) is 13.6 Å². The van der Waals surface area contributed by atoms with Gasteiger partial charge in [0, 0.05) is 31.5 Å². The third-order valence-corrected chi connectivity index (χ3v) is 3.40. The monoisotopic (exact) mass is 319 g/mol. The van der Waals surface area contributed by atoms with Gasteiger partial charge < -0.3 is 10.6 Å². The fourth-order valence-corrected chi connectivity index (χ4v) is 2.25. The van der Waals surface area contributed by atoms with E-state index in [-0.39, 0.29) is 0 Å².